The van der Waals surface area contributed by atoms with Crippen molar-refractivity contribution in [3.63, 3.8) is 0 Å². The highest BCUT2D eigenvalue weighted by atomic mass is 16.6. The van der Waals surface area contributed by atoms with Crippen LogP contribution in [0.25, 0.3) is 0 Å². The average Bonchev–Trinajstić information content (AvgIpc) is 2.89. The molecule has 1 aliphatic heterocycles. The number of nitrogens with zero attached hydrogens (tertiary/aromatic N) is 2. The number of aromatic amines is 1. The molecule has 2 rings (SSSR count). The Morgan fingerprint density at radius 1 is 1.43 bits per heavy atom. The molecule has 1 aliphatic rings. The van der Waals surface area contributed by atoms with Crippen molar-refractivity contribution >= 4 is 6.09 Å². The Bertz CT molecular complexity index is 464. The summed E-state index contributed by atoms with van der Waals surface area (Å²) >= 11 is 0. The van der Waals surface area contributed by atoms with Crippen LogP contribution in [0.5, 0.6) is 0 Å². The molecule has 0 radical (unpaired) electrons. The second kappa shape index (κ2) is 6.10. The summed E-state index contributed by atoms with van der Waals surface area (Å²) in [5.74, 6) is 0. The molecule has 5 heteroatoms. The lowest BCUT2D eigenvalue weighted by atomic mass is 10.1. The summed E-state index contributed by atoms with van der Waals surface area (Å²) in [6, 6.07) is 4.62. The minimum absolute atomic E-state index is 0.158. The molecule has 1 fully saturated rings. The lowest BCUT2D eigenvalue weighted by molar-refractivity contribution is -0.00368. The van der Waals surface area contributed by atoms with Gasteiger partial charge in [0.15, 0.2) is 0 Å². The van der Waals surface area contributed by atoms with Crippen LogP contribution < -0.4 is 0 Å². The second-order valence-electron chi connectivity index (χ2n) is 6.82. The maximum atomic E-state index is 12.2. The van der Waals surface area contributed by atoms with Crippen molar-refractivity contribution in [2.75, 3.05) is 19.6 Å². The van der Waals surface area contributed by atoms with Crippen LogP contribution in [-0.2, 0) is 4.74 Å². The van der Waals surface area contributed by atoms with Gasteiger partial charge in [0.1, 0.15) is 5.60 Å². The molecule has 2 atom stereocenters. The number of amides is 1. The fourth-order valence-corrected chi connectivity index (χ4v) is 2.73. The smallest absolute Gasteiger partial charge is 0.410 e. The van der Waals surface area contributed by atoms with Crippen molar-refractivity contribution in [2.24, 2.45) is 0 Å². The van der Waals surface area contributed by atoms with Crippen LogP contribution in [0.2, 0.25) is 0 Å². The van der Waals surface area contributed by atoms with Crippen molar-refractivity contribution in [3.8, 4) is 0 Å². The fourth-order valence-electron chi connectivity index (χ4n) is 2.73. The summed E-state index contributed by atoms with van der Waals surface area (Å²) < 4.78 is 5.48. The molecule has 1 amide bonds. The van der Waals surface area contributed by atoms with Gasteiger partial charge in [-0.2, -0.15) is 0 Å². The van der Waals surface area contributed by atoms with Gasteiger partial charge in [0, 0.05) is 43.6 Å². The van der Waals surface area contributed by atoms with Gasteiger partial charge in [-0.1, -0.05) is 0 Å². The Hall–Kier alpha value is -1.49. The van der Waals surface area contributed by atoms with Gasteiger partial charge in [0.05, 0.1) is 0 Å². The highest BCUT2D eigenvalue weighted by Gasteiger charge is 2.32. The highest BCUT2D eigenvalue weighted by Crippen LogP contribution is 2.23. The van der Waals surface area contributed by atoms with E-state index in [9.17, 15) is 4.79 Å². The minimum atomic E-state index is -0.439. The number of hydrogen-bond acceptors (Lipinski definition) is 3. The molecule has 0 unspecified atom stereocenters. The van der Waals surface area contributed by atoms with E-state index in [0.717, 1.165) is 13.1 Å². The van der Waals surface area contributed by atoms with Gasteiger partial charge >= 0.3 is 6.09 Å². The molecular weight excluding hydrogens is 266 g/mol. The Labute approximate surface area is 127 Å². The standard InChI is InChI=1S/C16H27N3O2/c1-12-11-18(13(2)14-7-6-8-17-14)9-10-19(12)15(20)21-16(3,4)5/h6-8,12-13,17H,9-11H2,1-5H3/t12-,13+/m1/s1. The average molecular weight is 293 g/mol. The van der Waals surface area contributed by atoms with E-state index in [1.165, 1.54) is 5.69 Å². The SMILES string of the molecule is C[C@@H]1CN([C@@H](C)c2ccc[nH]2)CCN1C(=O)OC(C)(C)C. The summed E-state index contributed by atoms with van der Waals surface area (Å²) in [6.07, 6.45) is 1.74. The molecule has 2 heterocycles. The fraction of sp³-hybridized carbons (Fsp3) is 0.688. The maximum Gasteiger partial charge on any atom is 0.410 e. The first-order valence-electron chi connectivity index (χ1n) is 7.65. The van der Waals surface area contributed by atoms with Gasteiger partial charge in [0.2, 0.25) is 0 Å². The van der Waals surface area contributed by atoms with E-state index in [4.69, 9.17) is 4.74 Å². The second-order valence-corrected chi connectivity index (χ2v) is 6.82. The van der Waals surface area contributed by atoms with Crippen LogP contribution in [0.1, 0.15) is 46.4 Å². The predicted molar refractivity (Wildman–Crippen MR) is 83.2 cm³/mol. The van der Waals surface area contributed by atoms with Crippen molar-refractivity contribution in [3.05, 3.63) is 24.0 Å². The quantitative estimate of drug-likeness (QED) is 0.912. The molecule has 5 nitrogen and oxygen atoms in total. The van der Waals surface area contributed by atoms with E-state index in [0.29, 0.717) is 12.6 Å². The van der Waals surface area contributed by atoms with Crippen LogP contribution in [0.15, 0.2) is 18.3 Å². The minimum Gasteiger partial charge on any atom is -0.444 e. The van der Waals surface area contributed by atoms with Gasteiger partial charge in [-0.3, -0.25) is 4.90 Å². The van der Waals surface area contributed by atoms with Crippen LogP contribution >= 0.6 is 0 Å². The normalized spacial score (nSPS) is 22.1. The van der Waals surface area contributed by atoms with Crippen molar-refractivity contribution in [1.29, 1.82) is 0 Å². The van der Waals surface area contributed by atoms with Crippen molar-refractivity contribution < 1.29 is 9.53 Å². The van der Waals surface area contributed by atoms with Crippen molar-refractivity contribution in [1.82, 2.24) is 14.8 Å². The summed E-state index contributed by atoms with van der Waals surface area (Å²) in [5, 5.41) is 0. The molecule has 0 aliphatic carbocycles. The predicted octanol–water partition coefficient (Wildman–Crippen LogP) is 3.02. The molecule has 0 bridgehead atoms. The number of carbonyl (C=O) groups is 1. The molecule has 0 aromatic carbocycles. The van der Waals surface area contributed by atoms with E-state index >= 15 is 0 Å². The molecule has 1 aromatic rings. The van der Waals surface area contributed by atoms with Crippen LogP contribution in [0.4, 0.5) is 4.79 Å². The number of H-pyrrole nitrogens is 1. The number of nitrogens with one attached hydrogen (secondary N) is 1. The van der Waals surface area contributed by atoms with Gasteiger partial charge in [-0.15, -0.1) is 0 Å². The number of carbonyl (C=O) groups excluding carboxylic acids is 1. The van der Waals surface area contributed by atoms with Crippen LogP contribution in [0, 0.1) is 0 Å². The largest absolute Gasteiger partial charge is 0.444 e. The first-order valence-corrected chi connectivity index (χ1v) is 7.65. The van der Waals surface area contributed by atoms with Gasteiger partial charge in [-0.25, -0.2) is 4.79 Å². The molecule has 1 N–H and O–H groups in total. The summed E-state index contributed by atoms with van der Waals surface area (Å²) in [6.45, 7) is 12.4. The Morgan fingerprint density at radius 2 is 2.14 bits per heavy atom. The number of piperazine rings is 1. The van der Waals surface area contributed by atoms with Gasteiger partial charge in [0.25, 0.3) is 0 Å². The van der Waals surface area contributed by atoms with E-state index < -0.39 is 5.60 Å². The summed E-state index contributed by atoms with van der Waals surface area (Å²) in [4.78, 5) is 19.7. The maximum absolute atomic E-state index is 12.2. The first-order chi connectivity index (χ1) is 9.78. The van der Waals surface area contributed by atoms with Crippen molar-refractivity contribution in [2.45, 2.75) is 52.3 Å². The summed E-state index contributed by atoms with van der Waals surface area (Å²) in [7, 11) is 0. The van der Waals surface area contributed by atoms with Crippen LogP contribution in [-0.4, -0.2) is 52.2 Å². The Kier molecular flexibility index (Phi) is 4.61. The summed E-state index contributed by atoms with van der Waals surface area (Å²) in [5.41, 5.74) is 0.777. The van der Waals surface area contributed by atoms with E-state index in [1.54, 1.807) is 0 Å². The molecule has 118 valence electrons. The molecule has 0 spiro atoms. The molecule has 1 aromatic heterocycles. The van der Waals surface area contributed by atoms with E-state index in [2.05, 4.69) is 29.8 Å². The zero-order chi connectivity index (χ0) is 15.6. The zero-order valence-electron chi connectivity index (χ0n) is 13.7. The third-order valence-electron chi connectivity index (χ3n) is 3.91. The number of aromatic nitrogens is 1. The third-order valence-corrected chi connectivity index (χ3v) is 3.91. The first kappa shape index (κ1) is 15.9. The van der Waals surface area contributed by atoms with E-state index in [1.807, 2.05) is 37.9 Å². The van der Waals surface area contributed by atoms with E-state index in [-0.39, 0.29) is 12.1 Å². The Balaban J connectivity index is 1.94. The highest BCUT2D eigenvalue weighted by molar-refractivity contribution is 5.68. The topological polar surface area (TPSA) is 48.6 Å². The monoisotopic (exact) mass is 293 g/mol. The van der Waals surface area contributed by atoms with Gasteiger partial charge < -0.3 is 14.6 Å². The third kappa shape index (κ3) is 4.00. The Morgan fingerprint density at radius 3 is 2.67 bits per heavy atom. The zero-order valence-corrected chi connectivity index (χ0v) is 13.7. The van der Waals surface area contributed by atoms with Gasteiger partial charge in [-0.05, 0) is 46.8 Å². The molecular formula is C16H27N3O2. The molecule has 1 saturated heterocycles. The number of hydrogen-bond donors (Lipinski definition) is 1. The number of rotatable bonds is 2. The lowest BCUT2D eigenvalue weighted by Crippen LogP contribution is -2.55. The molecule has 0 saturated carbocycles. The van der Waals surface area contributed by atoms with Crippen LogP contribution in [0.3, 0.4) is 0 Å². The lowest BCUT2D eigenvalue weighted by Gasteiger charge is -2.42. The number of ether oxygens (including phenoxy) is 1. The molecule has 21 heavy (non-hydrogen) atoms.